The average molecular weight is 249 g/mol. The van der Waals surface area contributed by atoms with Gasteiger partial charge in [-0.25, -0.2) is 0 Å². The lowest BCUT2D eigenvalue weighted by atomic mass is 10.4. The van der Waals surface area contributed by atoms with Gasteiger partial charge in [0.25, 0.3) is 0 Å². The van der Waals surface area contributed by atoms with E-state index in [0.717, 1.165) is 16.2 Å². The van der Waals surface area contributed by atoms with Gasteiger partial charge in [-0.15, -0.1) is 0 Å². The topological polar surface area (TPSA) is 69.4 Å². The summed E-state index contributed by atoms with van der Waals surface area (Å²) in [5, 5.41) is 10.9. The van der Waals surface area contributed by atoms with Gasteiger partial charge in [0, 0.05) is 18.7 Å². The molecular formula is C8H12NO4PS. The molecule has 0 aliphatic carbocycles. The number of nitro groups is 1. The SMILES string of the molecule is CCc1cc(P(C)(=O)OC)c([N+](=O)[O-])s1. The molecule has 15 heavy (non-hydrogen) atoms. The Bertz CT molecular complexity index is 428. The highest BCUT2D eigenvalue weighted by Crippen LogP contribution is 2.45. The number of hydrogen-bond donors (Lipinski definition) is 0. The van der Waals surface area contributed by atoms with E-state index in [1.165, 1.54) is 13.8 Å². The standard InChI is InChI=1S/C8H12NO4PS/c1-4-6-5-7(14(3,12)13-2)8(15-6)9(10)11/h5H,4H2,1-3H3. The second kappa shape index (κ2) is 4.43. The molecule has 0 radical (unpaired) electrons. The van der Waals surface area contributed by atoms with Crippen LogP contribution in [0.15, 0.2) is 6.07 Å². The van der Waals surface area contributed by atoms with Gasteiger partial charge < -0.3 is 4.52 Å². The van der Waals surface area contributed by atoms with Crippen LogP contribution in [0.2, 0.25) is 0 Å². The molecule has 0 aromatic carbocycles. The summed E-state index contributed by atoms with van der Waals surface area (Å²) in [6.45, 7) is 3.29. The Morgan fingerprint density at radius 3 is 2.67 bits per heavy atom. The zero-order valence-corrected chi connectivity index (χ0v) is 10.4. The summed E-state index contributed by atoms with van der Waals surface area (Å²) < 4.78 is 16.7. The van der Waals surface area contributed by atoms with Crippen LogP contribution in [0, 0.1) is 10.1 Å². The molecule has 0 amide bonds. The van der Waals surface area contributed by atoms with Crippen LogP contribution in [-0.2, 0) is 15.5 Å². The molecule has 1 aromatic heterocycles. The van der Waals surface area contributed by atoms with Crippen molar-refractivity contribution in [2.45, 2.75) is 13.3 Å². The summed E-state index contributed by atoms with van der Waals surface area (Å²) in [6.07, 6.45) is 0.690. The van der Waals surface area contributed by atoms with E-state index in [9.17, 15) is 14.7 Å². The minimum absolute atomic E-state index is 0.0699. The van der Waals surface area contributed by atoms with Gasteiger partial charge in [0.15, 0.2) is 0 Å². The molecule has 84 valence electrons. The Balaban J connectivity index is 3.33. The molecule has 1 rings (SSSR count). The molecular weight excluding hydrogens is 237 g/mol. The Labute approximate surface area is 91.7 Å². The van der Waals surface area contributed by atoms with Crippen LogP contribution < -0.4 is 5.30 Å². The third kappa shape index (κ3) is 2.45. The molecule has 0 aliphatic heterocycles. The maximum absolute atomic E-state index is 11.9. The van der Waals surface area contributed by atoms with Crippen molar-refractivity contribution in [2.24, 2.45) is 0 Å². The van der Waals surface area contributed by atoms with E-state index in [-0.39, 0.29) is 10.3 Å². The lowest BCUT2D eigenvalue weighted by Gasteiger charge is -2.06. The largest absolute Gasteiger partial charge is 0.337 e. The van der Waals surface area contributed by atoms with Crippen molar-refractivity contribution in [3.8, 4) is 0 Å². The van der Waals surface area contributed by atoms with Gasteiger partial charge in [-0.05, 0) is 12.5 Å². The lowest BCUT2D eigenvalue weighted by molar-refractivity contribution is -0.379. The minimum Gasteiger partial charge on any atom is -0.329 e. The zero-order chi connectivity index (χ0) is 11.6. The van der Waals surface area contributed by atoms with Crippen LogP contribution in [0.5, 0.6) is 0 Å². The molecule has 0 fully saturated rings. The highest BCUT2D eigenvalue weighted by molar-refractivity contribution is 7.67. The van der Waals surface area contributed by atoms with Crippen molar-refractivity contribution in [3.63, 3.8) is 0 Å². The van der Waals surface area contributed by atoms with Crippen molar-refractivity contribution in [1.29, 1.82) is 0 Å². The summed E-state index contributed by atoms with van der Waals surface area (Å²) in [7, 11) is -1.74. The van der Waals surface area contributed by atoms with Gasteiger partial charge in [-0.1, -0.05) is 18.3 Å². The van der Waals surface area contributed by atoms with E-state index in [0.29, 0.717) is 6.42 Å². The monoisotopic (exact) mass is 249 g/mol. The smallest absolute Gasteiger partial charge is 0.329 e. The molecule has 0 spiro atoms. The van der Waals surface area contributed by atoms with Crippen LogP contribution in [0.3, 0.4) is 0 Å². The number of rotatable bonds is 4. The lowest BCUT2D eigenvalue weighted by Crippen LogP contribution is -2.07. The van der Waals surface area contributed by atoms with Gasteiger partial charge in [-0.3, -0.25) is 14.7 Å². The molecule has 0 saturated carbocycles. The quantitative estimate of drug-likeness (QED) is 0.466. The predicted molar refractivity (Wildman–Crippen MR) is 60.5 cm³/mol. The second-order valence-electron chi connectivity index (χ2n) is 3.04. The molecule has 5 nitrogen and oxygen atoms in total. The summed E-state index contributed by atoms with van der Waals surface area (Å²) in [5.74, 6) is 0. The molecule has 1 unspecified atom stereocenters. The van der Waals surface area contributed by atoms with Gasteiger partial charge in [0.1, 0.15) is 5.30 Å². The van der Waals surface area contributed by atoms with E-state index in [1.807, 2.05) is 6.92 Å². The number of hydrogen-bond acceptors (Lipinski definition) is 5. The first kappa shape index (κ1) is 12.4. The van der Waals surface area contributed by atoms with Gasteiger partial charge in [0.2, 0.25) is 7.37 Å². The van der Waals surface area contributed by atoms with Crippen LogP contribution in [0.25, 0.3) is 0 Å². The van der Waals surface area contributed by atoms with E-state index in [4.69, 9.17) is 4.52 Å². The Hall–Kier alpha value is -0.710. The Morgan fingerprint density at radius 1 is 1.67 bits per heavy atom. The van der Waals surface area contributed by atoms with E-state index >= 15 is 0 Å². The van der Waals surface area contributed by atoms with Crippen LogP contribution >= 0.6 is 18.7 Å². The first-order chi connectivity index (χ1) is 6.92. The third-order valence-corrected chi connectivity index (χ3v) is 5.34. The van der Waals surface area contributed by atoms with E-state index < -0.39 is 12.3 Å². The van der Waals surface area contributed by atoms with Crippen molar-refractivity contribution in [3.05, 3.63) is 21.1 Å². The fourth-order valence-corrected chi connectivity index (χ4v) is 3.66. The summed E-state index contributed by atoms with van der Waals surface area (Å²) in [5.41, 5.74) is 0. The molecule has 1 heterocycles. The van der Waals surface area contributed by atoms with Crippen LogP contribution in [0.1, 0.15) is 11.8 Å². The number of aryl methyl sites for hydroxylation is 1. The van der Waals surface area contributed by atoms with Crippen molar-refractivity contribution in [2.75, 3.05) is 13.8 Å². The van der Waals surface area contributed by atoms with Gasteiger partial charge >= 0.3 is 5.00 Å². The minimum atomic E-state index is -3.04. The zero-order valence-electron chi connectivity index (χ0n) is 8.72. The van der Waals surface area contributed by atoms with Crippen molar-refractivity contribution in [1.82, 2.24) is 0 Å². The van der Waals surface area contributed by atoms with Crippen LogP contribution in [0.4, 0.5) is 5.00 Å². The molecule has 0 aliphatic rings. The van der Waals surface area contributed by atoms with Crippen LogP contribution in [-0.4, -0.2) is 18.7 Å². The first-order valence-corrected chi connectivity index (χ1v) is 7.22. The van der Waals surface area contributed by atoms with E-state index in [1.54, 1.807) is 6.07 Å². The first-order valence-electron chi connectivity index (χ1n) is 4.33. The average Bonchev–Trinajstić information content (AvgIpc) is 2.62. The molecule has 1 atom stereocenters. The highest BCUT2D eigenvalue weighted by Gasteiger charge is 2.30. The molecule has 7 heteroatoms. The maximum atomic E-state index is 11.9. The van der Waals surface area contributed by atoms with Crippen molar-refractivity contribution < 1.29 is 14.0 Å². The Morgan fingerprint density at radius 2 is 2.27 bits per heavy atom. The summed E-state index contributed by atoms with van der Waals surface area (Å²) in [4.78, 5) is 11.1. The number of thiophene rings is 1. The fourth-order valence-electron chi connectivity index (χ4n) is 1.11. The Kier molecular flexibility index (Phi) is 3.65. The fraction of sp³-hybridized carbons (Fsp3) is 0.500. The van der Waals surface area contributed by atoms with Gasteiger partial charge in [0.05, 0.1) is 4.92 Å². The molecule has 0 bridgehead atoms. The van der Waals surface area contributed by atoms with Gasteiger partial charge in [-0.2, -0.15) is 0 Å². The predicted octanol–water partition coefficient (Wildman–Crippen LogP) is 2.40. The molecule has 0 N–H and O–H groups in total. The maximum Gasteiger partial charge on any atom is 0.337 e. The highest BCUT2D eigenvalue weighted by atomic mass is 32.1. The normalized spacial score (nSPS) is 14.9. The third-order valence-electron chi connectivity index (χ3n) is 2.04. The van der Waals surface area contributed by atoms with E-state index in [2.05, 4.69) is 0 Å². The summed E-state index contributed by atoms with van der Waals surface area (Å²) in [6, 6.07) is 1.60. The molecule has 0 saturated heterocycles. The number of nitrogens with zero attached hydrogens (tertiary/aromatic N) is 1. The summed E-state index contributed by atoms with van der Waals surface area (Å²) >= 11 is 1.06. The molecule has 1 aromatic rings. The second-order valence-corrected chi connectivity index (χ2v) is 6.70. The van der Waals surface area contributed by atoms with Crippen molar-refractivity contribution >= 4 is 29.0 Å².